The SMILES string of the molecule is CCNC(CN(C)CC)C(=O)O. The number of rotatable bonds is 6. The van der Waals surface area contributed by atoms with Gasteiger partial charge in [-0.1, -0.05) is 13.8 Å². The predicted molar refractivity (Wildman–Crippen MR) is 48.3 cm³/mol. The number of nitrogens with one attached hydrogen (secondary N) is 1. The van der Waals surface area contributed by atoms with Crippen molar-refractivity contribution < 1.29 is 9.90 Å². The van der Waals surface area contributed by atoms with Gasteiger partial charge in [-0.3, -0.25) is 4.79 Å². The van der Waals surface area contributed by atoms with Gasteiger partial charge in [0.15, 0.2) is 0 Å². The molecule has 0 heterocycles. The van der Waals surface area contributed by atoms with Gasteiger partial charge in [-0.25, -0.2) is 0 Å². The lowest BCUT2D eigenvalue weighted by molar-refractivity contribution is -0.139. The molecule has 0 radical (unpaired) electrons. The van der Waals surface area contributed by atoms with E-state index in [1.165, 1.54) is 0 Å². The monoisotopic (exact) mass is 174 g/mol. The Kier molecular flexibility index (Phi) is 5.66. The van der Waals surface area contributed by atoms with Crippen molar-refractivity contribution in [2.75, 3.05) is 26.7 Å². The second-order valence-electron chi connectivity index (χ2n) is 2.80. The molecule has 0 aromatic heterocycles. The van der Waals surface area contributed by atoms with Gasteiger partial charge in [0.05, 0.1) is 0 Å². The Morgan fingerprint density at radius 1 is 1.58 bits per heavy atom. The van der Waals surface area contributed by atoms with Crippen LogP contribution in [0.25, 0.3) is 0 Å². The Labute approximate surface area is 73.6 Å². The van der Waals surface area contributed by atoms with Crippen LogP contribution < -0.4 is 5.32 Å². The lowest BCUT2D eigenvalue weighted by Crippen LogP contribution is -2.44. The second-order valence-corrected chi connectivity index (χ2v) is 2.80. The van der Waals surface area contributed by atoms with Crippen LogP contribution in [0.4, 0.5) is 0 Å². The minimum absolute atomic E-state index is 0.444. The van der Waals surface area contributed by atoms with Crippen molar-refractivity contribution in [2.24, 2.45) is 0 Å². The van der Waals surface area contributed by atoms with Gasteiger partial charge in [0.2, 0.25) is 0 Å². The summed E-state index contributed by atoms with van der Waals surface area (Å²) < 4.78 is 0. The maximum absolute atomic E-state index is 10.7. The first kappa shape index (κ1) is 11.4. The average Bonchev–Trinajstić information content (AvgIpc) is 2.03. The lowest BCUT2D eigenvalue weighted by Gasteiger charge is -2.19. The molecule has 0 aliphatic carbocycles. The molecule has 0 aromatic rings. The number of carbonyl (C=O) groups is 1. The fraction of sp³-hybridized carbons (Fsp3) is 0.875. The molecular weight excluding hydrogens is 156 g/mol. The number of aliphatic carboxylic acids is 1. The van der Waals surface area contributed by atoms with E-state index in [9.17, 15) is 4.79 Å². The molecule has 2 N–H and O–H groups in total. The highest BCUT2D eigenvalue weighted by Crippen LogP contribution is 1.89. The highest BCUT2D eigenvalue weighted by molar-refractivity contribution is 5.73. The van der Waals surface area contributed by atoms with Gasteiger partial charge in [-0.05, 0) is 20.1 Å². The quantitative estimate of drug-likeness (QED) is 0.595. The van der Waals surface area contributed by atoms with Crippen LogP contribution in [0.15, 0.2) is 0 Å². The summed E-state index contributed by atoms with van der Waals surface area (Å²) >= 11 is 0. The molecule has 0 saturated heterocycles. The van der Waals surface area contributed by atoms with Crippen LogP contribution in [-0.2, 0) is 4.79 Å². The Morgan fingerprint density at radius 2 is 2.17 bits per heavy atom. The van der Waals surface area contributed by atoms with E-state index < -0.39 is 12.0 Å². The van der Waals surface area contributed by atoms with Gasteiger partial charge in [0.1, 0.15) is 6.04 Å². The highest BCUT2D eigenvalue weighted by atomic mass is 16.4. The van der Waals surface area contributed by atoms with Crippen LogP contribution in [0.2, 0.25) is 0 Å². The lowest BCUT2D eigenvalue weighted by atomic mass is 10.3. The molecule has 0 saturated carbocycles. The summed E-state index contributed by atoms with van der Waals surface area (Å²) in [5.74, 6) is -0.780. The number of likely N-dealkylation sites (N-methyl/N-ethyl adjacent to an activating group) is 2. The summed E-state index contributed by atoms with van der Waals surface area (Å²) in [6.07, 6.45) is 0. The number of hydrogen-bond donors (Lipinski definition) is 2. The van der Waals surface area contributed by atoms with E-state index in [1.807, 2.05) is 25.8 Å². The molecule has 72 valence electrons. The van der Waals surface area contributed by atoms with Crippen LogP contribution in [0.5, 0.6) is 0 Å². The number of hydrogen-bond acceptors (Lipinski definition) is 3. The largest absolute Gasteiger partial charge is 0.480 e. The van der Waals surface area contributed by atoms with Gasteiger partial charge < -0.3 is 15.3 Å². The summed E-state index contributed by atoms with van der Waals surface area (Å²) in [6, 6.07) is -0.444. The summed E-state index contributed by atoms with van der Waals surface area (Å²) in [6.45, 7) is 6.02. The summed E-state index contributed by atoms with van der Waals surface area (Å²) in [5.41, 5.74) is 0. The van der Waals surface area contributed by atoms with E-state index in [-0.39, 0.29) is 0 Å². The number of carboxylic acid groups (broad SMARTS) is 1. The molecule has 4 nitrogen and oxygen atoms in total. The zero-order valence-corrected chi connectivity index (χ0v) is 8.00. The Bertz CT molecular complexity index is 139. The van der Waals surface area contributed by atoms with Crippen LogP contribution in [0.3, 0.4) is 0 Å². The van der Waals surface area contributed by atoms with Crippen molar-refractivity contribution in [1.29, 1.82) is 0 Å². The zero-order valence-electron chi connectivity index (χ0n) is 8.00. The first-order chi connectivity index (χ1) is 5.61. The van der Waals surface area contributed by atoms with Crippen LogP contribution in [-0.4, -0.2) is 48.7 Å². The van der Waals surface area contributed by atoms with Crippen molar-refractivity contribution in [3.8, 4) is 0 Å². The standard InChI is InChI=1S/C8H18N2O2/c1-4-9-7(8(11)12)6-10(3)5-2/h7,9H,4-6H2,1-3H3,(H,11,12). The minimum atomic E-state index is -0.780. The molecule has 4 heteroatoms. The highest BCUT2D eigenvalue weighted by Gasteiger charge is 2.16. The fourth-order valence-electron chi connectivity index (χ4n) is 0.917. The first-order valence-electron chi connectivity index (χ1n) is 4.26. The third-order valence-corrected chi connectivity index (χ3v) is 1.78. The van der Waals surface area contributed by atoms with E-state index in [2.05, 4.69) is 5.32 Å². The summed E-state index contributed by atoms with van der Waals surface area (Å²) in [4.78, 5) is 12.6. The zero-order chi connectivity index (χ0) is 9.56. The first-order valence-corrected chi connectivity index (χ1v) is 4.26. The molecule has 0 aromatic carbocycles. The van der Waals surface area contributed by atoms with E-state index >= 15 is 0 Å². The third kappa shape index (κ3) is 4.31. The smallest absolute Gasteiger partial charge is 0.322 e. The molecule has 12 heavy (non-hydrogen) atoms. The predicted octanol–water partition coefficient (Wildman–Crippen LogP) is 0.000800. The normalized spacial score (nSPS) is 13.3. The molecule has 0 rings (SSSR count). The van der Waals surface area contributed by atoms with Crippen molar-refractivity contribution in [3.05, 3.63) is 0 Å². The molecule has 0 aliphatic heterocycles. The third-order valence-electron chi connectivity index (χ3n) is 1.78. The minimum Gasteiger partial charge on any atom is -0.480 e. The van der Waals surface area contributed by atoms with Gasteiger partial charge >= 0.3 is 5.97 Å². The molecule has 0 aliphatic rings. The maximum atomic E-state index is 10.7. The van der Waals surface area contributed by atoms with Gasteiger partial charge in [-0.2, -0.15) is 0 Å². The van der Waals surface area contributed by atoms with Gasteiger partial charge in [-0.15, -0.1) is 0 Å². The van der Waals surface area contributed by atoms with Crippen LogP contribution in [0, 0.1) is 0 Å². The Morgan fingerprint density at radius 3 is 2.50 bits per heavy atom. The van der Waals surface area contributed by atoms with Gasteiger partial charge in [0.25, 0.3) is 0 Å². The van der Waals surface area contributed by atoms with E-state index in [0.717, 1.165) is 6.54 Å². The van der Waals surface area contributed by atoms with Crippen molar-refractivity contribution >= 4 is 5.97 Å². The molecule has 0 fully saturated rings. The molecular formula is C8H18N2O2. The molecule has 1 atom stereocenters. The topological polar surface area (TPSA) is 52.6 Å². The van der Waals surface area contributed by atoms with E-state index in [0.29, 0.717) is 13.1 Å². The van der Waals surface area contributed by atoms with E-state index in [4.69, 9.17) is 5.11 Å². The van der Waals surface area contributed by atoms with Gasteiger partial charge in [0, 0.05) is 6.54 Å². The molecule has 0 spiro atoms. The van der Waals surface area contributed by atoms with Crippen molar-refractivity contribution in [1.82, 2.24) is 10.2 Å². The summed E-state index contributed by atoms with van der Waals surface area (Å²) in [7, 11) is 1.91. The second kappa shape index (κ2) is 5.97. The summed E-state index contributed by atoms with van der Waals surface area (Å²) in [5, 5.41) is 11.7. The molecule has 0 amide bonds. The molecule has 0 bridgehead atoms. The Balaban J connectivity index is 3.86. The van der Waals surface area contributed by atoms with Crippen molar-refractivity contribution in [2.45, 2.75) is 19.9 Å². The van der Waals surface area contributed by atoms with E-state index in [1.54, 1.807) is 0 Å². The average molecular weight is 174 g/mol. The number of carboxylic acids is 1. The fourth-order valence-corrected chi connectivity index (χ4v) is 0.917. The molecule has 1 unspecified atom stereocenters. The van der Waals surface area contributed by atoms with Crippen molar-refractivity contribution in [3.63, 3.8) is 0 Å². The maximum Gasteiger partial charge on any atom is 0.322 e. The Hall–Kier alpha value is -0.610. The van der Waals surface area contributed by atoms with Crippen LogP contribution in [0.1, 0.15) is 13.8 Å². The number of nitrogens with zero attached hydrogens (tertiary/aromatic N) is 1. The van der Waals surface area contributed by atoms with Crippen LogP contribution >= 0.6 is 0 Å².